The molecule has 9 heteroatoms. The first-order chi connectivity index (χ1) is 12.3. The van der Waals surface area contributed by atoms with Gasteiger partial charge in [0.2, 0.25) is 0 Å². The molecule has 0 spiro atoms. The van der Waals surface area contributed by atoms with Crippen LogP contribution in [0.3, 0.4) is 0 Å². The number of carbonyl (C=O) groups excluding carboxylic acids is 1. The Labute approximate surface area is 148 Å². The van der Waals surface area contributed by atoms with E-state index in [0.717, 1.165) is 0 Å². The molecule has 1 N–H and O–H groups in total. The van der Waals surface area contributed by atoms with E-state index in [1.54, 1.807) is 6.92 Å². The summed E-state index contributed by atoms with van der Waals surface area (Å²) in [5.74, 6) is -0.0829. The maximum absolute atomic E-state index is 12.2. The van der Waals surface area contributed by atoms with Gasteiger partial charge in [-0.15, -0.1) is 0 Å². The van der Waals surface area contributed by atoms with E-state index in [9.17, 15) is 25.0 Å². The van der Waals surface area contributed by atoms with Crippen molar-refractivity contribution in [3.63, 3.8) is 0 Å². The van der Waals surface area contributed by atoms with Crippen LogP contribution in [-0.4, -0.2) is 22.7 Å². The highest BCUT2D eigenvalue weighted by Gasteiger charge is 2.12. The van der Waals surface area contributed by atoms with Crippen molar-refractivity contribution in [1.29, 1.82) is 0 Å². The number of nitro benzene ring substituents is 2. The quantitative estimate of drug-likeness (QED) is 0.346. The lowest BCUT2D eigenvalue weighted by Crippen LogP contribution is -2.03. The van der Waals surface area contributed by atoms with Gasteiger partial charge in [0.05, 0.1) is 28.7 Å². The Hall–Kier alpha value is -3.75. The van der Waals surface area contributed by atoms with Gasteiger partial charge < -0.3 is 10.1 Å². The summed E-state index contributed by atoms with van der Waals surface area (Å²) < 4.78 is 5.12. The van der Waals surface area contributed by atoms with E-state index < -0.39 is 9.85 Å². The van der Waals surface area contributed by atoms with Gasteiger partial charge >= 0.3 is 0 Å². The number of ether oxygens (including phenoxy) is 1. The molecule has 0 aliphatic heterocycles. The SMILES string of the molecule is COc1cc([N+](=O)[O-])ccc1N/C(C)=C/C(=O)c1ccc([N+](=O)[O-])cc1. The number of benzene rings is 2. The van der Waals surface area contributed by atoms with Crippen LogP contribution in [0, 0.1) is 20.2 Å². The van der Waals surface area contributed by atoms with E-state index in [-0.39, 0.29) is 22.9 Å². The van der Waals surface area contributed by atoms with Crippen LogP contribution in [0.4, 0.5) is 17.1 Å². The molecule has 26 heavy (non-hydrogen) atoms. The topological polar surface area (TPSA) is 125 Å². The van der Waals surface area contributed by atoms with Crippen molar-refractivity contribution in [3.8, 4) is 5.75 Å². The van der Waals surface area contributed by atoms with E-state index in [2.05, 4.69) is 5.32 Å². The summed E-state index contributed by atoms with van der Waals surface area (Å²) >= 11 is 0. The fourth-order valence-corrected chi connectivity index (χ4v) is 2.17. The number of hydrogen-bond donors (Lipinski definition) is 1. The molecule has 134 valence electrons. The number of nitro groups is 2. The monoisotopic (exact) mass is 357 g/mol. The zero-order chi connectivity index (χ0) is 19.3. The summed E-state index contributed by atoms with van der Waals surface area (Å²) in [5.41, 5.74) is 1.02. The van der Waals surface area contributed by atoms with Crippen molar-refractivity contribution < 1.29 is 19.4 Å². The molecule has 0 atom stereocenters. The zero-order valence-electron chi connectivity index (χ0n) is 14.0. The molecule has 2 aromatic rings. The van der Waals surface area contributed by atoms with Crippen molar-refractivity contribution in [1.82, 2.24) is 0 Å². The van der Waals surface area contributed by atoms with Gasteiger partial charge in [-0.3, -0.25) is 25.0 Å². The van der Waals surface area contributed by atoms with Crippen LogP contribution in [0.5, 0.6) is 5.75 Å². The Kier molecular flexibility index (Phi) is 5.63. The Balaban J connectivity index is 2.18. The number of rotatable bonds is 7. The fourth-order valence-electron chi connectivity index (χ4n) is 2.17. The first kappa shape index (κ1) is 18.6. The molecule has 0 aliphatic rings. The Morgan fingerprint density at radius 2 is 1.62 bits per heavy atom. The van der Waals surface area contributed by atoms with E-state index in [1.165, 1.54) is 55.7 Å². The highest BCUT2D eigenvalue weighted by atomic mass is 16.6. The van der Waals surface area contributed by atoms with E-state index in [4.69, 9.17) is 4.74 Å². The lowest BCUT2D eigenvalue weighted by Gasteiger charge is -2.11. The normalized spacial score (nSPS) is 10.9. The van der Waals surface area contributed by atoms with Crippen LogP contribution in [0.2, 0.25) is 0 Å². The average molecular weight is 357 g/mol. The molecule has 0 saturated carbocycles. The standard InChI is InChI=1S/C17H15N3O6/c1-11(9-16(21)12-3-5-13(6-4-12)19(22)23)18-15-8-7-14(20(24)25)10-17(15)26-2/h3-10,18H,1-2H3/b11-9+. The molecular formula is C17H15N3O6. The minimum absolute atomic E-state index is 0.101. The van der Waals surface area contributed by atoms with Gasteiger partial charge in [-0.05, 0) is 25.1 Å². The van der Waals surface area contributed by atoms with Crippen LogP contribution < -0.4 is 10.1 Å². The Morgan fingerprint density at radius 1 is 1.04 bits per heavy atom. The molecule has 2 aromatic carbocycles. The van der Waals surface area contributed by atoms with Crippen molar-refractivity contribution in [2.24, 2.45) is 0 Å². The molecule has 2 rings (SSSR count). The summed E-state index contributed by atoms with van der Waals surface area (Å²) in [6, 6.07) is 9.31. The lowest BCUT2D eigenvalue weighted by atomic mass is 10.1. The molecular weight excluding hydrogens is 342 g/mol. The first-order valence-corrected chi connectivity index (χ1v) is 7.38. The van der Waals surface area contributed by atoms with Gasteiger partial charge in [-0.2, -0.15) is 0 Å². The van der Waals surface area contributed by atoms with Gasteiger partial charge in [0, 0.05) is 35.5 Å². The van der Waals surface area contributed by atoms with E-state index >= 15 is 0 Å². The third-order valence-electron chi connectivity index (χ3n) is 3.44. The number of non-ortho nitro benzene ring substituents is 2. The second-order valence-electron chi connectivity index (χ2n) is 5.26. The molecule has 0 bridgehead atoms. The average Bonchev–Trinajstić information content (AvgIpc) is 2.61. The molecule has 0 aromatic heterocycles. The summed E-state index contributed by atoms with van der Waals surface area (Å²) in [4.78, 5) is 32.6. The van der Waals surface area contributed by atoms with Crippen LogP contribution in [0.1, 0.15) is 17.3 Å². The maximum Gasteiger partial charge on any atom is 0.273 e. The molecule has 0 radical (unpaired) electrons. The maximum atomic E-state index is 12.2. The van der Waals surface area contributed by atoms with Gasteiger partial charge in [0.1, 0.15) is 5.75 Å². The second-order valence-corrected chi connectivity index (χ2v) is 5.26. The number of nitrogens with one attached hydrogen (secondary N) is 1. The van der Waals surface area contributed by atoms with Crippen LogP contribution in [0.25, 0.3) is 0 Å². The highest BCUT2D eigenvalue weighted by molar-refractivity contribution is 6.05. The Bertz CT molecular complexity index is 890. The summed E-state index contributed by atoms with van der Waals surface area (Å²) in [7, 11) is 1.38. The number of ketones is 1. The number of anilines is 1. The van der Waals surface area contributed by atoms with Gasteiger partial charge in [-0.25, -0.2) is 0 Å². The number of allylic oxidation sites excluding steroid dienone is 2. The fraction of sp³-hybridized carbons (Fsp3) is 0.118. The van der Waals surface area contributed by atoms with Crippen molar-refractivity contribution in [3.05, 3.63) is 80.0 Å². The van der Waals surface area contributed by atoms with E-state index in [0.29, 0.717) is 16.9 Å². The van der Waals surface area contributed by atoms with Gasteiger partial charge in [0.15, 0.2) is 5.78 Å². The molecule has 0 amide bonds. The molecule has 9 nitrogen and oxygen atoms in total. The third-order valence-corrected chi connectivity index (χ3v) is 3.44. The molecule has 0 unspecified atom stereocenters. The van der Waals surface area contributed by atoms with Crippen LogP contribution in [-0.2, 0) is 0 Å². The smallest absolute Gasteiger partial charge is 0.273 e. The molecule has 0 fully saturated rings. The van der Waals surface area contributed by atoms with E-state index in [1.807, 2.05) is 0 Å². The number of hydrogen-bond acceptors (Lipinski definition) is 7. The largest absolute Gasteiger partial charge is 0.494 e. The summed E-state index contributed by atoms with van der Waals surface area (Å²) in [6.07, 6.45) is 1.32. The minimum Gasteiger partial charge on any atom is -0.494 e. The number of carbonyl (C=O) groups is 1. The lowest BCUT2D eigenvalue weighted by molar-refractivity contribution is -0.385. The van der Waals surface area contributed by atoms with Crippen molar-refractivity contribution >= 4 is 22.8 Å². The predicted octanol–water partition coefficient (Wildman–Crippen LogP) is 3.71. The predicted molar refractivity (Wildman–Crippen MR) is 94.5 cm³/mol. The molecule has 0 saturated heterocycles. The number of nitrogens with zero attached hydrogens (tertiary/aromatic N) is 2. The third kappa shape index (κ3) is 4.41. The molecule has 0 heterocycles. The summed E-state index contributed by atoms with van der Waals surface area (Å²) in [5, 5.41) is 24.4. The van der Waals surface area contributed by atoms with Crippen LogP contribution in [0.15, 0.2) is 54.2 Å². The zero-order valence-corrected chi connectivity index (χ0v) is 14.0. The first-order valence-electron chi connectivity index (χ1n) is 7.38. The van der Waals surface area contributed by atoms with Gasteiger partial charge in [0.25, 0.3) is 11.4 Å². The minimum atomic E-state index is -0.544. The van der Waals surface area contributed by atoms with Crippen LogP contribution >= 0.6 is 0 Å². The summed E-state index contributed by atoms with van der Waals surface area (Å²) in [6.45, 7) is 1.64. The van der Waals surface area contributed by atoms with Crippen molar-refractivity contribution in [2.45, 2.75) is 6.92 Å². The van der Waals surface area contributed by atoms with Crippen molar-refractivity contribution in [2.75, 3.05) is 12.4 Å². The Morgan fingerprint density at radius 3 is 2.15 bits per heavy atom. The number of methoxy groups -OCH3 is 1. The second kappa shape index (κ2) is 7.88. The molecule has 0 aliphatic carbocycles. The van der Waals surface area contributed by atoms with Gasteiger partial charge in [-0.1, -0.05) is 0 Å². The highest BCUT2D eigenvalue weighted by Crippen LogP contribution is 2.30.